The number of rotatable bonds is 14. The normalized spacial score (nSPS) is 22.8. The number of esters is 1. The lowest BCUT2D eigenvalue weighted by Gasteiger charge is -2.28. The number of hydrogen-bond acceptors (Lipinski definition) is 4. The molecule has 0 bridgehead atoms. The average Bonchev–Trinajstić information content (AvgIpc) is 2.91. The lowest BCUT2D eigenvalue weighted by atomic mass is 9.78. The van der Waals surface area contributed by atoms with Gasteiger partial charge in [0, 0.05) is 19.6 Å². The molecule has 1 aromatic rings. The highest BCUT2D eigenvalue weighted by atomic mass is 16.5. The van der Waals surface area contributed by atoms with Crippen molar-refractivity contribution in [2.75, 3.05) is 26.9 Å². The third kappa shape index (κ3) is 8.88. The summed E-state index contributed by atoms with van der Waals surface area (Å²) in [5, 5.41) is 9.12. The molecule has 1 saturated carbocycles. The monoisotopic (exact) mass is 496 g/mol. The van der Waals surface area contributed by atoms with E-state index in [4.69, 9.17) is 14.6 Å². The molecular weight excluding hydrogens is 448 g/mol. The van der Waals surface area contributed by atoms with E-state index in [-0.39, 0.29) is 24.7 Å². The van der Waals surface area contributed by atoms with Crippen molar-refractivity contribution in [1.82, 2.24) is 0 Å². The smallest absolute Gasteiger partial charge is 0.335 e. The highest BCUT2D eigenvalue weighted by Gasteiger charge is 2.22. The van der Waals surface area contributed by atoms with Gasteiger partial charge in [0.2, 0.25) is 0 Å². The van der Waals surface area contributed by atoms with Crippen molar-refractivity contribution in [2.24, 2.45) is 17.8 Å². The third-order valence-corrected chi connectivity index (χ3v) is 8.30. The van der Waals surface area contributed by atoms with Gasteiger partial charge >= 0.3 is 5.97 Å². The predicted molar refractivity (Wildman–Crippen MR) is 147 cm³/mol. The number of hydrogen-bond donors (Lipinski definition) is 1. The number of benzene rings is 1. The van der Waals surface area contributed by atoms with Crippen molar-refractivity contribution >= 4 is 5.97 Å². The van der Waals surface area contributed by atoms with Gasteiger partial charge in [0.15, 0.2) is 0 Å². The van der Waals surface area contributed by atoms with Crippen LogP contribution in [0.1, 0.15) is 93.7 Å². The molecule has 1 fully saturated rings. The topological polar surface area (TPSA) is 55.8 Å². The summed E-state index contributed by atoms with van der Waals surface area (Å²) in [4.78, 5) is 12.0. The van der Waals surface area contributed by atoms with Gasteiger partial charge in [0.1, 0.15) is 0 Å². The van der Waals surface area contributed by atoms with E-state index in [1.807, 2.05) is 0 Å². The Labute approximate surface area is 219 Å². The van der Waals surface area contributed by atoms with Crippen molar-refractivity contribution in [3.8, 4) is 0 Å². The zero-order valence-corrected chi connectivity index (χ0v) is 22.7. The minimum atomic E-state index is -0.530. The summed E-state index contributed by atoms with van der Waals surface area (Å²) in [5.74, 6) is 1.93. The van der Waals surface area contributed by atoms with Gasteiger partial charge in [0.25, 0.3) is 0 Å². The Hall–Kier alpha value is -1.91. The molecule has 36 heavy (non-hydrogen) atoms. The van der Waals surface area contributed by atoms with Gasteiger partial charge in [-0.3, -0.25) is 0 Å². The molecule has 0 saturated heterocycles. The maximum absolute atomic E-state index is 12.0. The fraction of sp³-hybridized carbons (Fsp3) is 0.656. The van der Waals surface area contributed by atoms with Crippen LogP contribution in [0.15, 0.2) is 42.5 Å². The van der Waals surface area contributed by atoms with Crippen LogP contribution >= 0.6 is 0 Å². The number of carbonyl (C=O) groups excluding carboxylic acids is 1. The van der Waals surface area contributed by atoms with Crippen LogP contribution in [0.3, 0.4) is 0 Å². The number of aliphatic hydroxyl groups excluding tert-OH is 1. The van der Waals surface area contributed by atoms with Crippen LogP contribution in [-0.2, 0) is 27.1 Å². The molecule has 0 heterocycles. The van der Waals surface area contributed by atoms with Crippen LogP contribution in [0.5, 0.6) is 0 Å². The van der Waals surface area contributed by atoms with E-state index in [0.29, 0.717) is 12.5 Å². The molecule has 1 N–H and O–H groups in total. The van der Waals surface area contributed by atoms with E-state index in [1.165, 1.54) is 74.5 Å². The van der Waals surface area contributed by atoms with Crippen molar-refractivity contribution in [3.05, 3.63) is 59.2 Å². The van der Waals surface area contributed by atoms with Crippen LogP contribution in [-0.4, -0.2) is 38.0 Å². The van der Waals surface area contributed by atoms with E-state index in [0.717, 1.165) is 31.1 Å². The quantitative estimate of drug-likeness (QED) is 0.131. The molecule has 200 valence electrons. The Morgan fingerprint density at radius 3 is 2.61 bits per heavy atom. The molecule has 0 spiro atoms. The molecule has 4 heteroatoms. The van der Waals surface area contributed by atoms with Crippen molar-refractivity contribution < 1.29 is 19.4 Å². The number of unbranched alkanes of at least 4 members (excludes halogenated alkanes) is 2. The first kappa shape index (κ1) is 28.7. The van der Waals surface area contributed by atoms with Crippen LogP contribution in [0.2, 0.25) is 0 Å². The summed E-state index contributed by atoms with van der Waals surface area (Å²) in [6.07, 6.45) is 20.4. The molecule has 0 radical (unpaired) electrons. The number of allylic oxidation sites excluding steroid dienone is 2. The molecule has 4 nitrogen and oxygen atoms in total. The molecule has 0 amide bonds. The number of ether oxygens (including phenoxy) is 2. The largest absolute Gasteiger partial charge is 0.462 e. The molecule has 2 atom stereocenters. The standard InChI is InChI=1S/C32H48O4/c1-4-5-6-7-25-8-10-26(11-9-25)12-13-27-14-15-29-21-30(17-16-28(29)20-27)31(18-19-35-3)23-36-32(34)24(2)22-33/h12-13,16-17,21,25-27,31,33H,2,4-11,14-15,18-20,22-23H2,1,3H3/b13-12+. The van der Waals surface area contributed by atoms with E-state index in [1.54, 1.807) is 7.11 Å². The average molecular weight is 497 g/mol. The van der Waals surface area contributed by atoms with Gasteiger partial charge in [-0.25, -0.2) is 4.79 Å². The van der Waals surface area contributed by atoms with Crippen LogP contribution in [0.25, 0.3) is 0 Å². The summed E-state index contributed by atoms with van der Waals surface area (Å²) in [6.45, 7) is 6.35. The van der Waals surface area contributed by atoms with E-state index in [9.17, 15) is 4.79 Å². The minimum absolute atomic E-state index is 0.0698. The minimum Gasteiger partial charge on any atom is -0.462 e. The summed E-state index contributed by atoms with van der Waals surface area (Å²) in [6, 6.07) is 6.78. The van der Waals surface area contributed by atoms with Crippen molar-refractivity contribution in [1.29, 1.82) is 0 Å². The lowest BCUT2D eigenvalue weighted by molar-refractivity contribution is -0.140. The summed E-state index contributed by atoms with van der Waals surface area (Å²) in [5.41, 5.74) is 4.16. The number of aliphatic hydroxyl groups is 1. The Kier molecular flexibility index (Phi) is 12.2. The first-order chi connectivity index (χ1) is 17.5. The maximum atomic E-state index is 12.0. The summed E-state index contributed by atoms with van der Waals surface area (Å²) >= 11 is 0. The first-order valence-electron chi connectivity index (χ1n) is 14.3. The SMILES string of the molecule is C=C(CO)C(=O)OCC(CCOC)c1ccc2c(c1)CCC(/C=C/C1CCC(CCCCC)CC1)C2. The molecular formula is C32H48O4. The Bertz CT molecular complexity index is 850. The second-order valence-electron chi connectivity index (χ2n) is 11.0. The number of aryl methyl sites for hydroxylation is 1. The van der Waals surface area contributed by atoms with Crippen LogP contribution in [0, 0.1) is 17.8 Å². The van der Waals surface area contributed by atoms with E-state index < -0.39 is 5.97 Å². The Balaban J connectivity index is 1.52. The van der Waals surface area contributed by atoms with Crippen LogP contribution < -0.4 is 0 Å². The number of carbonyl (C=O) groups is 1. The van der Waals surface area contributed by atoms with E-state index >= 15 is 0 Å². The molecule has 2 aliphatic rings. The first-order valence-corrected chi connectivity index (χ1v) is 14.3. The molecule has 2 unspecified atom stereocenters. The molecule has 3 rings (SSSR count). The summed E-state index contributed by atoms with van der Waals surface area (Å²) < 4.78 is 10.7. The fourth-order valence-electron chi connectivity index (χ4n) is 5.84. The van der Waals surface area contributed by atoms with Gasteiger partial charge in [-0.05, 0) is 85.8 Å². The van der Waals surface area contributed by atoms with Crippen LogP contribution in [0.4, 0.5) is 0 Å². The molecule has 2 aliphatic carbocycles. The van der Waals surface area contributed by atoms with Crippen molar-refractivity contribution in [3.63, 3.8) is 0 Å². The third-order valence-electron chi connectivity index (χ3n) is 8.30. The Morgan fingerprint density at radius 1 is 1.11 bits per heavy atom. The lowest BCUT2D eigenvalue weighted by Crippen LogP contribution is -2.18. The fourth-order valence-corrected chi connectivity index (χ4v) is 5.84. The molecule has 0 aliphatic heterocycles. The van der Waals surface area contributed by atoms with Crippen molar-refractivity contribution in [2.45, 2.75) is 89.9 Å². The summed E-state index contributed by atoms with van der Waals surface area (Å²) in [7, 11) is 1.69. The van der Waals surface area contributed by atoms with Gasteiger partial charge in [0.05, 0.1) is 18.8 Å². The highest BCUT2D eigenvalue weighted by molar-refractivity contribution is 5.87. The predicted octanol–water partition coefficient (Wildman–Crippen LogP) is 6.95. The van der Waals surface area contributed by atoms with Gasteiger partial charge in [-0.15, -0.1) is 0 Å². The zero-order chi connectivity index (χ0) is 25.8. The van der Waals surface area contributed by atoms with Gasteiger partial charge in [-0.2, -0.15) is 0 Å². The van der Waals surface area contributed by atoms with Gasteiger partial charge < -0.3 is 14.6 Å². The number of methoxy groups -OCH3 is 1. The van der Waals surface area contributed by atoms with E-state index in [2.05, 4.69) is 43.9 Å². The zero-order valence-electron chi connectivity index (χ0n) is 22.7. The Morgan fingerprint density at radius 2 is 1.89 bits per heavy atom. The number of fused-ring (bicyclic) bond motifs is 1. The highest BCUT2D eigenvalue weighted by Crippen LogP contribution is 2.34. The van der Waals surface area contributed by atoms with Gasteiger partial charge in [-0.1, -0.05) is 69.5 Å². The molecule has 0 aromatic heterocycles. The second kappa shape index (κ2) is 15.4. The molecule has 1 aromatic carbocycles. The maximum Gasteiger partial charge on any atom is 0.335 e. The second-order valence-corrected chi connectivity index (χ2v) is 11.0.